The molecule has 0 heterocycles. The monoisotopic (exact) mass is 490 g/mol. The molecule has 2 rings (SSSR count). The molecule has 0 aromatic heterocycles. The molecule has 0 aliphatic carbocycles. The van der Waals surface area contributed by atoms with Crippen molar-refractivity contribution < 1.29 is 34.3 Å². The summed E-state index contributed by atoms with van der Waals surface area (Å²) in [5, 5.41) is 0. The van der Waals surface area contributed by atoms with Crippen LogP contribution < -0.4 is 43.3 Å². The van der Waals surface area contributed by atoms with Crippen LogP contribution in [0.25, 0.3) is 0 Å². The van der Waals surface area contributed by atoms with Crippen LogP contribution in [0, 0.1) is 0 Å². The summed E-state index contributed by atoms with van der Waals surface area (Å²) in [6, 6.07) is 16.5. The van der Waals surface area contributed by atoms with Crippen molar-refractivity contribution in [3.05, 3.63) is 48.5 Å². The maximum absolute atomic E-state index is 5.64. The molecule has 0 saturated heterocycles. The van der Waals surface area contributed by atoms with E-state index >= 15 is 0 Å². The van der Waals surface area contributed by atoms with Crippen LogP contribution in [0.1, 0.15) is 42.5 Å². The molecule has 32 heavy (non-hydrogen) atoms. The zero-order chi connectivity index (χ0) is 21.5. The fraction of sp³-hybridized carbons (Fsp3) is 0.538. The van der Waals surface area contributed by atoms with Gasteiger partial charge >= 0.3 is 0 Å². The quantitative estimate of drug-likeness (QED) is 0.552. The van der Waals surface area contributed by atoms with E-state index in [1.807, 2.05) is 52.0 Å². The van der Waals surface area contributed by atoms with Crippen molar-refractivity contribution in [1.82, 2.24) is 8.97 Å². The van der Waals surface area contributed by atoms with Gasteiger partial charge in [0.05, 0.1) is 54.5 Å². The molecule has 0 aliphatic rings. The summed E-state index contributed by atoms with van der Waals surface area (Å²) in [6.45, 7) is 8.15. The fourth-order valence-corrected chi connectivity index (χ4v) is 2.49. The van der Waals surface area contributed by atoms with Crippen molar-refractivity contribution in [2.45, 2.75) is 54.8 Å². The molecule has 6 heteroatoms. The Morgan fingerprint density at radius 3 is 1.34 bits per heavy atom. The van der Waals surface area contributed by atoms with E-state index in [1.165, 1.54) is 11.4 Å². The second-order valence-corrected chi connectivity index (χ2v) is 9.35. The average Bonchev–Trinajstić information content (AvgIpc) is 2.53. The molecule has 2 aromatic carbocycles. The molecule has 0 unspecified atom stereocenters. The van der Waals surface area contributed by atoms with Crippen LogP contribution in [-0.2, 0) is 0 Å². The van der Waals surface area contributed by atoms with Gasteiger partial charge in [0.15, 0.2) is 0 Å². The third kappa shape index (κ3) is 14.6. The lowest BCUT2D eigenvalue weighted by atomic mass is 10.2. The van der Waals surface area contributed by atoms with Crippen LogP contribution in [-0.4, -0.2) is 54.5 Å². The van der Waals surface area contributed by atoms with Gasteiger partial charge in [0, 0.05) is 18.2 Å². The Morgan fingerprint density at radius 2 is 0.969 bits per heavy atom. The summed E-state index contributed by atoms with van der Waals surface area (Å²) in [6.07, 6.45) is 0.475. The summed E-state index contributed by atoms with van der Waals surface area (Å²) in [7, 11) is 12.9. The Balaban J connectivity index is -0.000000218. The fourth-order valence-electron chi connectivity index (χ4n) is 2.49. The van der Waals surface area contributed by atoms with Crippen molar-refractivity contribution in [2.24, 2.45) is 0 Å². The number of rotatable bonds is 6. The number of nitrogens with zero attached hydrogens (tertiary/aromatic N) is 2. The van der Waals surface area contributed by atoms with Crippen molar-refractivity contribution in [2.75, 3.05) is 42.3 Å². The highest BCUT2D eigenvalue weighted by molar-refractivity contribution is 5.46. The van der Waals surface area contributed by atoms with E-state index in [0.717, 1.165) is 20.5 Å². The molecule has 0 N–H and O–H groups in total. The van der Waals surface area contributed by atoms with Crippen LogP contribution in [0.5, 0.6) is 11.5 Å². The van der Waals surface area contributed by atoms with Crippen LogP contribution in [0.15, 0.2) is 48.5 Å². The van der Waals surface area contributed by atoms with Gasteiger partial charge in [-0.3, -0.25) is 8.97 Å². The first-order valence-electron chi connectivity index (χ1n) is 9.96. The van der Waals surface area contributed by atoms with E-state index < -0.39 is 0 Å². The number of hydrogen-bond acceptors (Lipinski definition) is 2. The van der Waals surface area contributed by atoms with Gasteiger partial charge in [0.2, 0.25) is 0 Å². The Bertz CT molecular complexity index is 720. The zero-order valence-electron chi connectivity index (χ0n) is 20.2. The Morgan fingerprint density at radius 1 is 0.562 bits per heavy atom. The molecular weight excluding hydrogens is 443 g/mol. The van der Waals surface area contributed by atoms with Gasteiger partial charge < -0.3 is 34.3 Å². The molecule has 188 valence electrons. The predicted octanol–water partition coefficient (Wildman–Crippen LogP) is 0.621. The van der Waals surface area contributed by atoms with Crippen LogP contribution in [0.3, 0.4) is 0 Å². The van der Waals surface area contributed by atoms with Crippen molar-refractivity contribution >= 4 is 11.4 Å². The number of halogens is 2. The van der Waals surface area contributed by atoms with E-state index in [-0.39, 0.29) is 51.9 Å². The predicted molar refractivity (Wildman–Crippen MR) is 137 cm³/mol. The molecular formula is C26H48Cl2N2O2. The van der Waals surface area contributed by atoms with E-state index in [1.54, 1.807) is 0 Å². The highest BCUT2D eigenvalue weighted by Crippen LogP contribution is 2.23. The van der Waals surface area contributed by atoms with Crippen LogP contribution >= 0.6 is 0 Å². The lowest BCUT2D eigenvalue weighted by Crippen LogP contribution is -3.00. The minimum Gasteiger partial charge on any atom is -1.00 e. The maximum Gasteiger partial charge on any atom is 0.135 e. The molecule has 4 nitrogen and oxygen atoms in total. The molecule has 0 amide bonds. The largest absolute Gasteiger partial charge is 1.00 e. The lowest BCUT2D eigenvalue weighted by molar-refractivity contribution is -0.001000. The number of quaternary nitrogens is 2. The SMILES string of the molecule is C.C.CC(C)Oc1ccc([N+](C)(C)C)cc1.CC(C)Oc1cccc([N+](C)(C)C)c1.[Cl-].[Cl-]. The lowest BCUT2D eigenvalue weighted by Gasteiger charge is -2.24. The molecule has 0 atom stereocenters. The molecule has 0 saturated carbocycles. The summed E-state index contributed by atoms with van der Waals surface area (Å²) < 4.78 is 12.9. The first kappa shape index (κ1) is 37.8. The minimum absolute atomic E-state index is 0. The van der Waals surface area contributed by atoms with Crippen molar-refractivity contribution in [3.63, 3.8) is 0 Å². The highest BCUT2D eigenvalue weighted by atomic mass is 35.5. The third-order valence-corrected chi connectivity index (χ3v) is 3.95. The van der Waals surface area contributed by atoms with Gasteiger partial charge in [-0.25, -0.2) is 0 Å². The zero-order valence-corrected chi connectivity index (χ0v) is 21.8. The third-order valence-electron chi connectivity index (χ3n) is 3.95. The number of ether oxygens (including phenoxy) is 2. The minimum atomic E-state index is 0. The van der Waals surface area contributed by atoms with E-state index in [4.69, 9.17) is 9.47 Å². The van der Waals surface area contributed by atoms with Crippen LogP contribution in [0.2, 0.25) is 0 Å². The molecule has 0 spiro atoms. The Hall–Kier alpha value is -1.46. The van der Waals surface area contributed by atoms with E-state index in [9.17, 15) is 0 Å². The van der Waals surface area contributed by atoms with Gasteiger partial charge in [-0.1, -0.05) is 20.9 Å². The first-order chi connectivity index (χ1) is 12.8. The summed E-state index contributed by atoms with van der Waals surface area (Å²) >= 11 is 0. The smallest absolute Gasteiger partial charge is 0.135 e. The van der Waals surface area contributed by atoms with Crippen molar-refractivity contribution in [1.29, 1.82) is 0 Å². The maximum atomic E-state index is 5.64. The summed E-state index contributed by atoms with van der Waals surface area (Å²) in [5.74, 6) is 1.89. The Labute approximate surface area is 211 Å². The standard InChI is InChI=1S/2C12H20NO.2CH4.2ClH/c1-10(2)14-12-8-6-11(7-9-12)13(3,4)5;1-10(2)14-12-8-6-7-11(9-12)13(3,4)5;;;;/h2*6-10H,1-5H3;2*1H4;2*1H/q2*+1;;;;/p-2. The van der Waals surface area contributed by atoms with Crippen molar-refractivity contribution in [3.8, 4) is 11.5 Å². The topological polar surface area (TPSA) is 18.5 Å². The van der Waals surface area contributed by atoms with Gasteiger partial charge in [-0.05, 0) is 52.0 Å². The average molecular weight is 492 g/mol. The first-order valence-corrected chi connectivity index (χ1v) is 9.96. The molecule has 0 radical (unpaired) electrons. The van der Waals surface area contributed by atoms with Gasteiger partial charge in [0.1, 0.15) is 22.9 Å². The summed E-state index contributed by atoms with van der Waals surface area (Å²) in [5.41, 5.74) is 2.53. The summed E-state index contributed by atoms with van der Waals surface area (Å²) in [4.78, 5) is 0. The highest BCUT2D eigenvalue weighted by Gasteiger charge is 2.13. The van der Waals surface area contributed by atoms with Crippen LogP contribution in [0.4, 0.5) is 11.4 Å². The Kier molecular flexibility index (Phi) is 19.2. The molecule has 0 bridgehead atoms. The van der Waals surface area contributed by atoms with Gasteiger partial charge in [0.25, 0.3) is 0 Å². The van der Waals surface area contributed by atoms with E-state index in [2.05, 4.69) is 66.6 Å². The number of benzene rings is 2. The van der Waals surface area contributed by atoms with Gasteiger partial charge in [-0.15, -0.1) is 0 Å². The molecule has 2 aromatic rings. The number of hydrogen-bond donors (Lipinski definition) is 0. The van der Waals surface area contributed by atoms with E-state index in [0.29, 0.717) is 0 Å². The molecule has 0 fully saturated rings. The van der Waals surface area contributed by atoms with Gasteiger partial charge in [-0.2, -0.15) is 0 Å². The second kappa shape index (κ2) is 16.2. The molecule has 0 aliphatic heterocycles. The second-order valence-electron chi connectivity index (χ2n) is 9.35. The normalized spacial score (nSPS) is 10.4.